The second-order valence-electron chi connectivity index (χ2n) is 4.36. The van der Waals surface area contributed by atoms with Crippen LogP contribution in [0.2, 0.25) is 0 Å². The van der Waals surface area contributed by atoms with Gasteiger partial charge in [0.2, 0.25) is 5.13 Å². The third-order valence-corrected chi connectivity index (χ3v) is 3.86. The fourth-order valence-electron chi connectivity index (χ4n) is 1.74. The minimum atomic E-state index is -0.463. The lowest BCUT2D eigenvalue weighted by molar-refractivity contribution is -0.384. The molecular formula is C14H14N4O4S. The number of ether oxygens (including phenoxy) is 1. The average Bonchev–Trinajstić information content (AvgIpc) is 2.98. The van der Waals surface area contributed by atoms with Crippen molar-refractivity contribution >= 4 is 34.3 Å². The number of carbonyl (C=O) groups is 1. The number of nitrogens with zero attached hydrogens (tertiary/aromatic N) is 3. The molecule has 0 saturated heterocycles. The van der Waals surface area contributed by atoms with Gasteiger partial charge in [0.15, 0.2) is 0 Å². The first-order valence-electron chi connectivity index (χ1n) is 6.66. The molecule has 2 aromatic rings. The zero-order valence-corrected chi connectivity index (χ0v) is 13.3. The fourth-order valence-corrected chi connectivity index (χ4v) is 2.66. The molecule has 0 atom stereocenters. The summed E-state index contributed by atoms with van der Waals surface area (Å²) in [6.45, 7) is 1.89. The lowest BCUT2D eigenvalue weighted by atomic mass is 10.2. The average molecular weight is 334 g/mol. The molecule has 0 aliphatic rings. The van der Waals surface area contributed by atoms with Crippen LogP contribution in [0.1, 0.15) is 27.9 Å². The van der Waals surface area contributed by atoms with Crippen molar-refractivity contribution < 1.29 is 14.5 Å². The summed E-state index contributed by atoms with van der Waals surface area (Å²) < 4.78 is 4.71. The van der Waals surface area contributed by atoms with E-state index in [1.54, 1.807) is 12.1 Å². The Morgan fingerprint density at radius 3 is 2.74 bits per heavy atom. The molecule has 120 valence electrons. The molecule has 0 aliphatic heterocycles. The molecule has 1 aromatic carbocycles. The van der Waals surface area contributed by atoms with Crippen molar-refractivity contribution in [1.82, 2.24) is 4.98 Å². The zero-order valence-electron chi connectivity index (χ0n) is 12.5. The van der Waals surface area contributed by atoms with Crippen molar-refractivity contribution in [2.24, 2.45) is 5.10 Å². The van der Waals surface area contributed by atoms with Gasteiger partial charge in [0, 0.05) is 12.1 Å². The van der Waals surface area contributed by atoms with Gasteiger partial charge in [0.25, 0.3) is 5.69 Å². The second-order valence-corrected chi connectivity index (χ2v) is 5.36. The van der Waals surface area contributed by atoms with E-state index >= 15 is 0 Å². The molecule has 0 saturated carbocycles. The molecule has 0 unspecified atom stereocenters. The minimum Gasteiger partial charge on any atom is -0.465 e. The molecule has 0 bridgehead atoms. The highest BCUT2D eigenvalue weighted by Crippen LogP contribution is 2.24. The number of aromatic nitrogens is 1. The maximum atomic E-state index is 11.6. The monoisotopic (exact) mass is 334 g/mol. The number of hydrazone groups is 1. The Morgan fingerprint density at radius 1 is 1.48 bits per heavy atom. The van der Waals surface area contributed by atoms with Gasteiger partial charge in [-0.15, -0.1) is 0 Å². The summed E-state index contributed by atoms with van der Waals surface area (Å²) in [5.41, 5.74) is 4.10. The predicted octanol–water partition coefficient (Wildman–Crippen LogP) is 2.85. The van der Waals surface area contributed by atoms with E-state index in [4.69, 9.17) is 4.74 Å². The van der Waals surface area contributed by atoms with E-state index in [2.05, 4.69) is 15.5 Å². The number of nitrogens with one attached hydrogen (secondary N) is 1. The summed E-state index contributed by atoms with van der Waals surface area (Å²) in [6.07, 6.45) is 2.11. The number of aryl methyl sites for hydroxylation is 1. The van der Waals surface area contributed by atoms with Crippen LogP contribution < -0.4 is 5.43 Å². The highest BCUT2D eigenvalue weighted by Gasteiger charge is 2.17. The van der Waals surface area contributed by atoms with Crippen LogP contribution in [0.5, 0.6) is 0 Å². The standard InChI is InChI=1S/C14H14N4O4S/c1-3-11-12(13(19)22-2)23-14(16-11)17-15-8-9-4-6-10(7-5-9)18(20)21/h4-8H,3H2,1-2H3,(H,16,17)/b15-8-. The Bertz CT molecular complexity index is 740. The van der Waals surface area contributed by atoms with Crippen LogP contribution in [0.15, 0.2) is 29.4 Å². The molecule has 2 rings (SSSR count). The van der Waals surface area contributed by atoms with Crippen molar-refractivity contribution in [2.45, 2.75) is 13.3 Å². The van der Waals surface area contributed by atoms with Crippen LogP contribution >= 0.6 is 11.3 Å². The number of benzene rings is 1. The summed E-state index contributed by atoms with van der Waals surface area (Å²) >= 11 is 1.16. The molecule has 0 radical (unpaired) electrons. The van der Waals surface area contributed by atoms with Crippen molar-refractivity contribution in [3.05, 3.63) is 50.5 Å². The highest BCUT2D eigenvalue weighted by atomic mass is 32.1. The highest BCUT2D eigenvalue weighted by molar-refractivity contribution is 7.17. The molecule has 9 heteroatoms. The lowest BCUT2D eigenvalue weighted by Gasteiger charge is -1.95. The maximum absolute atomic E-state index is 11.6. The fraction of sp³-hybridized carbons (Fsp3) is 0.214. The maximum Gasteiger partial charge on any atom is 0.350 e. The van der Waals surface area contributed by atoms with Crippen molar-refractivity contribution in [1.29, 1.82) is 0 Å². The number of methoxy groups -OCH3 is 1. The van der Waals surface area contributed by atoms with E-state index in [1.807, 2.05) is 6.92 Å². The van der Waals surface area contributed by atoms with Crippen LogP contribution in [0, 0.1) is 10.1 Å². The van der Waals surface area contributed by atoms with Crippen LogP contribution in [0.3, 0.4) is 0 Å². The van der Waals surface area contributed by atoms with Gasteiger partial charge >= 0.3 is 5.97 Å². The number of hydrogen-bond donors (Lipinski definition) is 1. The summed E-state index contributed by atoms with van der Waals surface area (Å²) in [4.78, 5) is 26.4. The van der Waals surface area contributed by atoms with E-state index in [0.717, 1.165) is 11.3 Å². The summed E-state index contributed by atoms with van der Waals surface area (Å²) in [5, 5.41) is 15.1. The number of anilines is 1. The van der Waals surface area contributed by atoms with Gasteiger partial charge in [-0.25, -0.2) is 9.78 Å². The van der Waals surface area contributed by atoms with Crippen molar-refractivity contribution in [2.75, 3.05) is 12.5 Å². The molecular weight excluding hydrogens is 320 g/mol. The van der Waals surface area contributed by atoms with Crippen LogP contribution in [-0.4, -0.2) is 29.2 Å². The Kier molecular flexibility index (Phi) is 5.36. The molecule has 1 aromatic heterocycles. The van der Waals surface area contributed by atoms with Crippen molar-refractivity contribution in [3.63, 3.8) is 0 Å². The van der Waals surface area contributed by atoms with E-state index in [9.17, 15) is 14.9 Å². The van der Waals surface area contributed by atoms with E-state index < -0.39 is 10.9 Å². The van der Waals surface area contributed by atoms with Gasteiger partial charge in [-0.2, -0.15) is 5.10 Å². The zero-order chi connectivity index (χ0) is 16.8. The van der Waals surface area contributed by atoms with Crippen LogP contribution in [0.4, 0.5) is 10.8 Å². The normalized spacial score (nSPS) is 10.7. The quantitative estimate of drug-likeness (QED) is 0.377. The molecule has 23 heavy (non-hydrogen) atoms. The number of rotatable bonds is 6. The lowest BCUT2D eigenvalue weighted by Crippen LogP contribution is -2.01. The summed E-state index contributed by atoms with van der Waals surface area (Å²) in [6, 6.07) is 5.97. The molecule has 8 nitrogen and oxygen atoms in total. The second kappa shape index (κ2) is 7.45. The number of esters is 1. The third-order valence-electron chi connectivity index (χ3n) is 2.88. The molecule has 0 fully saturated rings. The number of thiazole rings is 1. The number of nitro groups is 1. The van der Waals surface area contributed by atoms with Crippen molar-refractivity contribution in [3.8, 4) is 0 Å². The van der Waals surface area contributed by atoms with Gasteiger partial charge in [-0.3, -0.25) is 15.5 Å². The first-order valence-corrected chi connectivity index (χ1v) is 7.48. The van der Waals surface area contributed by atoms with Gasteiger partial charge in [0.1, 0.15) is 4.88 Å². The molecule has 1 N–H and O–H groups in total. The van der Waals surface area contributed by atoms with E-state index in [1.165, 1.54) is 25.5 Å². The Morgan fingerprint density at radius 2 is 2.17 bits per heavy atom. The Labute approximate surface area is 136 Å². The van der Waals surface area contributed by atoms with E-state index in [-0.39, 0.29) is 5.69 Å². The number of nitro benzene ring substituents is 1. The summed E-state index contributed by atoms with van der Waals surface area (Å²) in [5.74, 6) is -0.424. The number of carbonyl (C=O) groups excluding carboxylic acids is 1. The van der Waals surface area contributed by atoms with E-state index in [0.29, 0.717) is 27.7 Å². The van der Waals surface area contributed by atoms with Crippen LogP contribution in [-0.2, 0) is 11.2 Å². The van der Waals surface area contributed by atoms with Gasteiger partial charge in [0.05, 0.1) is 23.9 Å². The third kappa shape index (κ3) is 4.10. The minimum absolute atomic E-state index is 0.0188. The molecule has 0 amide bonds. The first-order chi connectivity index (χ1) is 11.0. The van der Waals surface area contributed by atoms with Gasteiger partial charge < -0.3 is 4.74 Å². The van der Waals surface area contributed by atoms with Gasteiger partial charge in [-0.1, -0.05) is 18.3 Å². The molecule has 0 spiro atoms. The SMILES string of the molecule is CCc1nc(N/N=C\c2ccc([N+](=O)[O-])cc2)sc1C(=O)OC. The van der Waals surface area contributed by atoms with Crippen LogP contribution in [0.25, 0.3) is 0 Å². The largest absolute Gasteiger partial charge is 0.465 e. The molecule has 1 heterocycles. The first kappa shape index (κ1) is 16.6. The smallest absolute Gasteiger partial charge is 0.350 e. The van der Waals surface area contributed by atoms with Gasteiger partial charge in [-0.05, 0) is 24.1 Å². The predicted molar refractivity (Wildman–Crippen MR) is 87.1 cm³/mol. The number of hydrogen-bond acceptors (Lipinski definition) is 8. The summed E-state index contributed by atoms with van der Waals surface area (Å²) in [7, 11) is 1.32. The Balaban J connectivity index is 2.06. The molecule has 0 aliphatic carbocycles. The Hall–Kier alpha value is -2.81. The topological polar surface area (TPSA) is 107 Å². The number of non-ortho nitro benzene ring substituents is 1.